The average Bonchev–Trinajstić information content (AvgIpc) is 2.70. The van der Waals surface area contributed by atoms with Crippen LogP contribution in [0.25, 0.3) is 0 Å². The first-order chi connectivity index (χ1) is 13.5. The van der Waals surface area contributed by atoms with Gasteiger partial charge in [-0.2, -0.15) is 0 Å². The highest BCUT2D eigenvalue weighted by Crippen LogP contribution is 2.21. The molecule has 2 heterocycles. The van der Waals surface area contributed by atoms with Crippen molar-refractivity contribution in [2.75, 3.05) is 56.5 Å². The Morgan fingerprint density at radius 3 is 2.32 bits per heavy atom. The van der Waals surface area contributed by atoms with Gasteiger partial charge in [-0.15, -0.1) is 0 Å². The van der Waals surface area contributed by atoms with Gasteiger partial charge in [-0.25, -0.2) is 9.97 Å². The van der Waals surface area contributed by atoms with Crippen molar-refractivity contribution in [2.45, 2.75) is 20.8 Å². The second-order valence-corrected chi connectivity index (χ2v) is 7.13. The van der Waals surface area contributed by atoms with E-state index < -0.39 is 0 Å². The van der Waals surface area contributed by atoms with E-state index in [0.29, 0.717) is 17.3 Å². The van der Waals surface area contributed by atoms with E-state index in [2.05, 4.69) is 58.1 Å². The molecule has 0 saturated carbocycles. The summed E-state index contributed by atoms with van der Waals surface area (Å²) in [7, 11) is 2.07. The van der Waals surface area contributed by atoms with Crippen LogP contribution in [0.3, 0.4) is 0 Å². The molecule has 1 aliphatic heterocycles. The summed E-state index contributed by atoms with van der Waals surface area (Å²) < 4.78 is 0. The minimum absolute atomic E-state index is 0.0291. The van der Waals surface area contributed by atoms with Crippen LogP contribution in [0.5, 0.6) is 0 Å². The summed E-state index contributed by atoms with van der Waals surface area (Å²) in [6.07, 6.45) is 0. The minimum Gasteiger partial charge on any atom is -0.372 e. The highest BCUT2D eigenvalue weighted by molar-refractivity contribution is 5.93. The highest BCUT2D eigenvalue weighted by Gasteiger charge is 2.22. The number of hydrogen-bond donors (Lipinski definition) is 1. The van der Waals surface area contributed by atoms with Crippen molar-refractivity contribution in [2.24, 2.45) is 0 Å². The van der Waals surface area contributed by atoms with Crippen molar-refractivity contribution < 1.29 is 4.79 Å². The monoisotopic (exact) mass is 382 g/mol. The Morgan fingerprint density at radius 2 is 1.71 bits per heavy atom. The van der Waals surface area contributed by atoms with Gasteiger partial charge in [0.1, 0.15) is 17.3 Å². The number of hydrogen-bond acceptors (Lipinski definition) is 6. The van der Waals surface area contributed by atoms with Crippen LogP contribution in [0.1, 0.15) is 30.2 Å². The van der Waals surface area contributed by atoms with E-state index in [9.17, 15) is 4.79 Å². The van der Waals surface area contributed by atoms with Crippen LogP contribution < -0.4 is 10.2 Å². The second kappa shape index (κ2) is 9.01. The summed E-state index contributed by atoms with van der Waals surface area (Å²) in [6.45, 7) is 11.3. The van der Waals surface area contributed by atoms with Crippen molar-refractivity contribution in [3.63, 3.8) is 0 Å². The maximum atomic E-state index is 12.8. The van der Waals surface area contributed by atoms with Crippen molar-refractivity contribution in [3.8, 4) is 0 Å². The van der Waals surface area contributed by atoms with Crippen LogP contribution in [-0.4, -0.2) is 72.0 Å². The Hall–Kier alpha value is -2.67. The van der Waals surface area contributed by atoms with Gasteiger partial charge in [0.2, 0.25) is 0 Å². The number of nitrogens with zero attached hydrogens (tertiary/aromatic N) is 5. The van der Waals surface area contributed by atoms with Crippen LogP contribution in [0.4, 0.5) is 17.2 Å². The zero-order valence-corrected chi connectivity index (χ0v) is 17.3. The van der Waals surface area contributed by atoms with E-state index in [4.69, 9.17) is 0 Å². The third-order valence-electron chi connectivity index (χ3n) is 5.12. The molecule has 150 valence electrons. The Labute approximate surface area is 167 Å². The lowest BCUT2D eigenvalue weighted by Crippen LogP contribution is -2.47. The summed E-state index contributed by atoms with van der Waals surface area (Å²) in [5.41, 5.74) is 2.58. The molecule has 2 aromatic rings. The number of carbonyl (C=O) groups is 1. The molecule has 1 amide bonds. The Kier molecular flexibility index (Phi) is 6.46. The van der Waals surface area contributed by atoms with E-state index in [-0.39, 0.29) is 5.91 Å². The molecule has 0 spiro atoms. The summed E-state index contributed by atoms with van der Waals surface area (Å²) in [6, 6.07) is 10.0. The molecule has 0 unspecified atom stereocenters. The SMILES string of the molecule is CCN(CC)c1ccc(Nc2cc(C(=O)N3CCN(C)CC3)nc(C)n2)cc1. The smallest absolute Gasteiger partial charge is 0.272 e. The number of amides is 1. The largest absolute Gasteiger partial charge is 0.372 e. The van der Waals surface area contributed by atoms with Gasteiger partial charge < -0.3 is 20.0 Å². The lowest BCUT2D eigenvalue weighted by molar-refractivity contribution is 0.0658. The zero-order valence-electron chi connectivity index (χ0n) is 17.3. The molecule has 1 saturated heterocycles. The van der Waals surface area contributed by atoms with E-state index >= 15 is 0 Å². The molecule has 1 aliphatic rings. The minimum atomic E-state index is -0.0291. The van der Waals surface area contributed by atoms with Crippen molar-refractivity contribution >= 4 is 23.1 Å². The molecule has 0 atom stereocenters. The predicted octanol–water partition coefficient (Wildman–Crippen LogP) is 2.76. The van der Waals surface area contributed by atoms with Gasteiger partial charge in [0.15, 0.2) is 0 Å². The van der Waals surface area contributed by atoms with E-state index in [1.807, 2.05) is 24.0 Å². The highest BCUT2D eigenvalue weighted by atomic mass is 16.2. The van der Waals surface area contributed by atoms with Gasteiger partial charge in [0.05, 0.1) is 0 Å². The van der Waals surface area contributed by atoms with Gasteiger partial charge in [0, 0.05) is 56.7 Å². The van der Waals surface area contributed by atoms with E-state index in [1.54, 1.807) is 6.07 Å². The molecule has 1 aromatic heterocycles. The van der Waals surface area contributed by atoms with Crippen molar-refractivity contribution in [3.05, 3.63) is 41.9 Å². The Morgan fingerprint density at radius 1 is 1.07 bits per heavy atom. The average molecular weight is 383 g/mol. The fourth-order valence-corrected chi connectivity index (χ4v) is 3.41. The zero-order chi connectivity index (χ0) is 20.1. The van der Waals surface area contributed by atoms with Crippen LogP contribution >= 0.6 is 0 Å². The molecule has 0 radical (unpaired) electrons. The standard InChI is InChI=1S/C21H30N6O/c1-5-26(6-2)18-9-7-17(8-10-18)24-20-15-19(22-16(3)23-20)21(28)27-13-11-25(4)12-14-27/h7-10,15H,5-6,11-14H2,1-4H3,(H,22,23,24). The number of aromatic nitrogens is 2. The number of carbonyl (C=O) groups excluding carboxylic acids is 1. The number of piperazine rings is 1. The number of benzene rings is 1. The number of anilines is 3. The predicted molar refractivity (Wildman–Crippen MR) is 113 cm³/mol. The summed E-state index contributed by atoms with van der Waals surface area (Å²) in [5, 5.41) is 3.30. The molecule has 0 aliphatic carbocycles. The number of aryl methyl sites for hydroxylation is 1. The molecule has 0 bridgehead atoms. The topological polar surface area (TPSA) is 64.6 Å². The Balaban J connectivity index is 1.73. The maximum Gasteiger partial charge on any atom is 0.272 e. The molecular formula is C21H30N6O. The quantitative estimate of drug-likeness (QED) is 0.829. The molecule has 7 heteroatoms. The van der Waals surface area contributed by atoms with Gasteiger partial charge in [-0.1, -0.05) is 0 Å². The Bertz CT molecular complexity index is 795. The third-order valence-corrected chi connectivity index (χ3v) is 5.12. The molecule has 3 rings (SSSR count). The van der Waals surface area contributed by atoms with Crippen LogP contribution in [-0.2, 0) is 0 Å². The number of likely N-dealkylation sites (N-methyl/N-ethyl adjacent to an activating group) is 1. The molecule has 7 nitrogen and oxygen atoms in total. The van der Waals surface area contributed by atoms with E-state index in [0.717, 1.165) is 45.0 Å². The first-order valence-electron chi connectivity index (χ1n) is 9.95. The molecule has 28 heavy (non-hydrogen) atoms. The second-order valence-electron chi connectivity index (χ2n) is 7.13. The van der Waals surface area contributed by atoms with Crippen LogP contribution in [0, 0.1) is 6.92 Å². The third kappa shape index (κ3) is 4.78. The van der Waals surface area contributed by atoms with Gasteiger partial charge in [-0.3, -0.25) is 4.79 Å². The van der Waals surface area contributed by atoms with Gasteiger partial charge in [-0.05, 0) is 52.1 Å². The van der Waals surface area contributed by atoms with Gasteiger partial charge in [0.25, 0.3) is 5.91 Å². The summed E-state index contributed by atoms with van der Waals surface area (Å²) in [5.74, 6) is 1.20. The first-order valence-corrected chi connectivity index (χ1v) is 9.95. The number of rotatable bonds is 6. The molecular weight excluding hydrogens is 352 g/mol. The van der Waals surface area contributed by atoms with E-state index in [1.165, 1.54) is 5.69 Å². The summed E-state index contributed by atoms with van der Waals surface area (Å²) in [4.78, 5) is 28.0. The molecule has 1 fully saturated rings. The lowest BCUT2D eigenvalue weighted by Gasteiger charge is -2.32. The maximum absolute atomic E-state index is 12.8. The van der Waals surface area contributed by atoms with Crippen molar-refractivity contribution in [1.29, 1.82) is 0 Å². The van der Waals surface area contributed by atoms with Crippen molar-refractivity contribution in [1.82, 2.24) is 19.8 Å². The van der Waals surface area contributed by atoms with Gasteiger partial charge >= 0.3 is 0 Å². The van der Waals surface area contributed by atoms with Crippen LogP contribution in [0.2, 0.25) is 0 Å². The first kappa shape index (κ1) is 20.1. The fourth-order valence-electron chi connectivity index (χ4n) is 3.41. The normalized spacial score (nSPS) is 14.8. The molecule has 1 aromatic carbocycles. The lowest BCUT2D eigenvalue weighted by atomic mass is 10.2. The fraction of sp³-hybridized carbons (Fsp3) is 0.476. The summed E-state index contributed by atoms with van der Waals surface area (Å²) >= 11 is 0. The molecule has 1 N–H and O–H groups in total. The van der Waals surface area contributed by atoms with Crippen LogP contribution in [0.15, 0.2) is 30.3 Å². The number of nitrogens with one attached hydrogen (secondary N) is 1.